The van der Waals surface area contributed by atoms with Crippen molar-refractivity contribution in [2.75, 3.05) is 18.7 Å². The zero-order valence-electron chi connectivity index (χ0n) is 15.2. The van der Waals surface area contributed by atoms with Crippen LogP contribution in [0.15, 0.2) is 45.5 Å². The molecule has 2 atom stereocenters. The molecule has 1 heterocycles. The highest BCUT2D eigenvalue weighted by Crippen LogP contribution is 2.42. The van der Waals surface area contributed by atoms with Gasteiger partial charge >= 0.3 is 5.97 Å². The van der Waals surface area contributed by atoms with Crippen molar-refractivity contribution in [3.05, 3.63) is 51.3 Å². The molecule has 27 heavy (non-hydrogen) atoms. The second-order valence-electron chi connectivity index (χ2n) is 6.03. The third kappa shape index (κ3) is 4.81. The fourth-order valence-electron chi connectivity index (χ4n) is 3.08. The molecule has 7 nitrogen and oxygen atoms in total. The smallest absolute Gasteiger partial charge is 0.317 e. The van der Waals surface area contributed by atoms with Gasteiger partial charge in [0.15, 0.2) is 0 Å². The van der Waals surface area contributed by atoms with Gasteiger partial charge < -0.3 is 10.5 Å². The molecule has 1 aliphatic heterocycles. The van der Waals surface area contributed by atoms with Crippen LogP contribution in [0, 0.1) is 16.0 Å². The SMILES string of the molecule is COC(=O)C1C(N)=NC(C)=C([N+](=O)[O-])C1c1ccccc1SCCCCCl. The topological polar surface area (TPSA) is 108 Å². The minimum absolute atomic E-state index is 0.0249. The number of thioether (sulfide) groups is 1. The number of hydrogen-bond donors (Lipinski definition) is 1. The van der Waals surface area contributed by atoms with Gasteiger partial charge in [0.2, 0.25) is 0 Å². The maximum atomic E-state index is 12.4. The van der Waals surface area contributed by atoms with Crippen molar-refractivity contribution in [1.29, 1.82) is 0 Å². The van der Waals surface area contributed by atoms with E-state index in [4.69, 9.17) is 22.1 Å². The van der Waals surface area contributed by atoms with E-state index in [0.29, 0.717) is 11.4 Å². The van der Waals surface area contributed by atoms with Crippen molar-refractivity contribution < 1.29 is 14.5 Å². The molecule has 1 aromatic rings. The summed E-state index contributed by atoms with van der Waals surface area (Å²) in [4.78, 5) is 28.6. The van der Waals surface area contributed by atoms with Crippen molar-refractivity contribution in [2.45, 2.75) is 30.6 Å². The Balaban J connectivity index is 2.52. The minimum atomic E-state index is -1.04. The molecule has 0 saturated carbocycles. The van der Waals surface area contributed by atoms with E-state index in [9.17, 15) is 14.9 Å². The predicted molar refractivity (Wildman–Crippen MR) is 107 cm³/mol. The average molecular weight is 412 g/mol. The van der Waals surface area contributed by atoms with Crippen LogP contribution in [0.3, 0.4) is 0 Å². The van der Waals surface area contributed by atoms with E-state index in [1.165, 1.54) is 14.0 Å². The van der Waals surface area contributed by atoms with Crippen LogP contribution < -0.4 is 5.73 Å². The molecule has 0 amide bonds. The molecule has 0 aromatic heterocycles. The molecule has 9 heteroatoms. The van der Waals surface area contributed by atoms with Gasteiger partial charge in [-0.15, -0.1) is 23.4 Å². The number of carbonyl (C=O) groups excluding carboxylic acids is 1. The van der Waals surface area contributed by atoms with Crippen LogP contribution in [0.4, 0.5) is 0 Å². The minimum Gasteiger partial charge on any atom is -0.468 e. The number of hydrogen-bond acceptors (Lipinski definition) is 7. The van der Waals surface area contributed by atoms with Crippen LogP contribution in [0.25, 0.3) is 0 Å². The van der Waals surface area contributed by atoms with E-state index in [-0.39, 0.29) is 17.2 Å². The number of methoxy groups -OCH3 is 1. The molecule has 0 bridgehead atoms. The Hall–Kier alpha value is -2.06. The fourth-order valence-corrected chi connectivity index (χ4v) is 4.37. The molecule has 1 aliphatic rings. The van der Waals surface area contributed by atoms with Crippen LogP contribution in [0.1, 0.15) is 31.2 Å². The summed E-state index contributed by atoms with van der Waals surface area (Å²) in [5.41, 5.74) is 6.74. The number of alkyl halides is 1. The van der Waals surface area contributed by atoms with E-state index in [1.807, 2.05) is 12.1 Å². The number of carbonyl (C=O) groups is 1. The number of nitrogens with two attached hydrogens (primary N) is 1. The first kappa shape index (κ1) is 21.2. The number of nitrogens with zero attached hydrogens (tertiary/aromatic N) is 2. The van der Waals surface area contributed by atoms with Gasteiger partial charge in [0, 0.05) is 10.8 Å². The maximum absolute atomic E-state index is 12.4. The Morgan fingerprint density at radius 2 is 2.11 bits per heavy atom. The van der Waals surface area contributed by atoms with E-state index in [1.54, 1.807) is 23.9 Å². The largest absolute Gasteiger partial charge is 0.468 e. The first-order valence-electron chi connectivity index (χ1n) is 8.47. The molecule has 0 saturated heterocycles. The number of benzene rings is 1. The number of unbranched alkanes of at least 4 members (excludes halogenated alkanes) is 1. The van der Waals surface area contributed by atoms with E-state index >= 15 is 0 Å². The number of aliphatic imine (C=N–C) groups is 1. The van der Waals surface area contributed by atoms with E-state index < -0.39 is 22.7 Å². The molecule has 2 rings (SSSR count). The highest BCUT2D eigenvalue weighted by atomic mass is 35.5. The molecule has 146 valence electrons. The van der Waals surface area contributed by atoms with Gasteiger partial charge in [-0.25, -0.2) is 4.99 Å². The number of amidine groups is 1. The van der Waals surface area contributed by atoms with Gasteiger partial charge in [0.25, 0.3) is 5.70 Å². The fraction of sp³-hybridized carbons (Fsp3) is 0.444. The number of nitro groups is 1. The molecule has 2 unspecified atom stereocenters. The first-order valence-corrected chi connectivity index (χ1v) is 9.99. The lowest BCUT2D eigenvalue weighted by Crippen LogP contribution is -2.41. The first-order chi connectivity index (χ1) is 12.9. The highest BCUT2D eigenvalue weighted by molar-refractivity contribution is 7.99. The third-order valence-corrected chi connectivity index (χ3v) is 5.75. The second-order valence-corrected chi connectivity index (χ2v) is 7.54. The predicted octanol–water partition coefficient (Wildman–Crippen LogP) is 3.55. The van der Waals surface area contributed by atoms with Crippen LogP contribution in [0.2, 0.25) is 0 Å². The van der Waals surface area contributed by atoms with Gasteiger partial charge in [-0.05, 0) is 37.1 Å². The van der Waals surface area contributed by atoms with E-state index in [2.05, 4.69) is 4.99 Å². The van der Waals surface area contributed by atoms with Crippen LogP contribution in [-0.4, -0.2) is 35.5 Å². The third-order valence-electron chi connectivity index (χ3n) is 4.31. The zero-order valence-corrected chi connectivity index (χ0v) is 16.8. The lowest BCUT2D eigenvalue weighted by molar-refractivity contribution is -0.432. The lowest BCUT2D eigenvalue weighted by atomic mass is 9.80. The Bertz CT molecular complexity index is 782. The van der Waals surface area contributed by atoms with Gasteiger partial charge in [-0.2, -0.15) is 0 Å². The van der Waals surface area contributed by atoms with Gasteiger partial charge in [0.1, 0.15) is 17.5 Å². The second kappa shape index (κ2) is 9.75. The molecule has 0 aliphatic carbocycles. The molecule has 2 N–H and O–H groups in total. The van der Waals surface area contributed by atoms with Gasteiger partial charge in [-0.3, -0.25) is 14.9 Å². The van der Waals surface area contributed by atoms with Crippen molar-refractivity contribution in [3.8, 4) is 0 Å². The van der Waals surface area contributed by atoms with Crippen molar-refractivity contribution in [1.82, 2.24) is 0 Å². The molecular formula is C18H22ClN3O4S. The van der Waals surface area contributed by atoms with Crippen molar-refractivity contribution >= 4 is 35.2 Å². The molecule has 0 fully saturated rings. The number of rotatable bonds is 8. The van der Waals surface area contributed by atoms with Crippen molar-refractivity contribution in [3.63, 3.8) is 0 Å². The van der Waals surface area contributed by atoms with Crippen LogP contribution >= 0.6 is 23.4 Å². The standard InChI is InChI=1S/C18H22ClN3O4S/c1-11-16(22(24)25)14(15(17(20)21-11)18(23)26-2)12-7-3-4-8-13(12)27-10-6-5-9-19/h3-4,7-8,14-15H,5-6,9-10H2,1-2H3,(H2,20,21). The number of halogens is 1. The number of ether oxygens (including phenoxy) is 1. The summed E-state index contributed by atoms with van der Waals surface area (Å²) < 4.78 is 4.86. The monoisotopic (exact) mass is 411 g/mol. The van der Waals surface area contributed by atoms with Crippen LogP contribution in [0.5, 0.6) is 0 Å². The van der Waals surface area contributed by atoms with Gasteiger partial charge in [0.05, 0.1) is 18.0 Å². The molecule has 0 radical (unpaired) electrons. The zero-order chi connectivity index (χ0) is 20.0. The summed E-state index contributed by atoms with van der Waals surface area (Å²) in [5, 5.41) is 11.8. The highest BCUT2D eigenvalue weighted by Gasteiger charge is 2.46. The Morgan fingerprint density at radius 3 is 2.74 bits per heavy atom. The summed E-state index contributed by atoms with van der Waals surface area (Å²) in [6, 6.07) is 7.34. The summed E-state index contributed by atoms with van der Waals surface area (Å²) in [6.45, 7) is 1.53. The molecular weight excluding hydrogens is 390 g/mol. The van der Waals surface area contributed by atoms with Crippen LogP contribution in [-0.2, 0) is 9.53 Å². The van der Waals surface area contributed by atoms with Crippen molar-refractivity contribution in [2.24, 2.45) is 16.6 Å². The Kier molecular flexibility index (Phi) is 7.67. The summed E-state index contributed by atoms with van der Waals surface area (Å²) in [5.74, 6) is -1.10. The number of esters is 1. The number of allylic oxidation sites excluding steroid dienone is 2. The average Bonchev–Trinajstić information content (AvgIpc) is 2.64. The summed E-state index contributed by atoms with van der Waals surface area (Å²) in [7, 11) is 1.23. The van der Waals surface area contributed by atoms with Gasteiger partial charge in [-0.1, -0.05) is 18.2 Å². The Labute approximate surface area is 167 Å². The summed E-state index contributed by atoms with van der Waals surface area (Å²) in [6.07, 6.45) is 1.82. The molecule has 0 spiro atoms. The quantitative estimate of drug-likeness (QED) is 0.175. The lowest BCUT2D eigenvalue weighted by Gasteiger charge is -2.28. The normalized spacial score (nSPS) is 19.6. The molecule has 1 aromatic carbocycles. The Morgan fingerprint density at radius 1 is 1.41 bits per heavy atom. The summed E-state index contributed by atoms with van der Waals surface area (Å²) >= 11 is 7.31. The van der Waals surface area contributed by atoms with E-state index in [0.717, 1.165) is 23.5 Å². The maximum Gasteiger partial charge on any atom is 0.317 e.